The van der Waals surface area contributed by atoms with E-state index in [1.165, 1.54) is 0 Å². The van der Waals surface area contributed by atoms with Gasteiger partial charge in [-0.15, -0.1) is 0 Å². The molecule has 17 heteroatoms. The monoisotopic (exact) mass is 557 g/mol. The van der Waals surface area contributed by atoms with Crippen LogP contribution in [-0.4, -0.2) is 83.9 Å². The van der Waals surface area contributed by atoms with Crippen LogP contribution in [0.15, 0.2) is 9.98 Å². The van der Waals surface area contributed by atoms with Gasteiger partial charge in [0.15, 0.2) is 11.9 Å². The zero-order chi connectivity index (χ0) is 30.1. The van der Waals surface area contributed by atoms with Crippen LogP contribution < -0.4 is 50.4 Å². The van der Waals surface area contributed by atoms with E-state index in [-0.39, 0.29) is 63.0 Å². The predicted octanol–water partition coefficient (Wildman–Crippen LogP) is -4.12. The maximum Gasteiger partial charge on any atom is 0.326 e. The number of hydrogen-bond acceptors (Lipinski definition) is 8. The SMILES string of the molecule is CC(C)CC(NC(=O)C(N)CC(N)=O)C(=O)NC(CCCN=C(N)N)C(=O)NC(CCCN=C(N)N)C(=O)O. The lowest BCUT2D eigenvalue weighted by molar-refractivity contribution is -0.142. The lowest BCUT2D eigenvalue weighted by atomic mass is 10.0. The molecule has 0 saturated carbocycles. The van der Waals surface area contributed by atoms with Crippen molar-refractivity contribution in [2.75, 3.05) is 13.1 Å². The first kappa shape index (κ1) is 34.9. The van der Waals surface area contributed by atoms with Crippen LogP contribution in [0.2, 0.25) is 0 Å². The number of nitrogens with two attached hydrogens (primary N) is 6. The Kier molecular flexibility index (Phi) is 16.2. The van der Waals surface area contributed by atoms with Gasteiger partial charge in [0, 0.05) is 13.1 Å². The molecule has 17 nitrogen and oxygen atoms in total. The van der Waals surface area contributed by atoms with Gasteiger partial charge in [0.05, 0.1) is 12.5 Å². The number of carboxylic acids is 1. The van der Waals surface area contributed by atoms with Crippen molar-refractivity contribution in [1.29, 1.82) is 0 Å². The van der Waals surface area contributed by atoms with Crippen molar-refractivity contribution in [1.82, 2.24) is 16.0 Å². The van der Waals surface area contributed by atoms with E-state index in [0.717, 1.165) is 0 Å². The van der Waals surface area contributed by atoms with E-state index in [9.17, 15) is 29.1 Å². The number of amides is 4. The number of carboxylic acid groups (broad SMARTS) is 1. The van der Waals surface area contributed by atoms with Gasteiger partial charge in [-0.2, -0.15) is 0 Å². The molecule has 4 amide bonds. The average Bonchev–Trinajstić information content (AvgIpc) is 2.80. The Morgan fingerprint density at radius 1 is 0.718 bits per heavy atom. The zero-order valence-corrected chi connectivity index (χ0v) is 22.4. The molecule has 0 saturated heterocycles. The van der Waals surface area contributed by atoms with Gasteiger partial charge < -0.3 is 55.5 Å². The molecule has 0 rings (SSSR count). The molecule has 0 fully saturated rings. The van der Waals surface area contributed by atoms with Gasteiger partial charge in [-0.3, -0.25) is 29.2 Å². The number of carbonyl (C=O) groups is 5. The largest absolute Gasteiger partial charge is 0.480 e. The molecule has 16 N–H and O–H groups in total. The van der Waals surface area contributed by atoms with E-state index in [1.807, 2.05) is 13.8 Å². The number of rotatable bonds is 19. The molecule has 0 aromatic heterocycles. The molecule has 0 bridgehead atoms. The maximum absolute atomic E-state index is 13.1. The Labute approximate surface area is 226 Å². The molecule has 0 aromatic rings. The van der Waals surface area contributed by atoms with Crippen LogP contribution >= 0.6 is 0 Å². The summed E-state index contributed by atoms with van der Waals surface area (Å²) in [5, 5.41) is 17.0. The second-order valence-electron chi connectivity index (χ2n) is 9.33. The van der Waals surface area contributed by atoms with Gasteiger partial charge in [-0.1, -0.05) is 13.8 Å². The van der Waals surface area contributed by atoms with Crippen LogP contribution in [-0.2, 0) is 24.0 Å². The Morgan fingerprint density at radius 2 is 1.15 bits per heavy atom. The first-order chi connectivity index (χ1) is 18.1. The van der Waals surface area contributed by atoms with E-state index < -0.39 is 60.2 Å². The second kappa shape index (κ2) is 18.2. The smallest absolute Gasteiger partial charge is 0.326 e. The minimum absolute atomic E-state index is 0.0241. The van der Waals surface area contributed by atoms with E-state index in [2.05, 4.69) is 25.9 Å². The number of aliphatic carboxylic acids is 1. The average molecular weight is 558 g/mol. The van der Waals surface area contributed by atoms with E-state index >= 15 is 0 Å². The van der Waals surface area contributed by atoms with Gasteiger partial charge in [0.25, 0.3) is 0 Å². The van der Waals surface area contributed by atoms with Crippen LogP contribution in [0.5, 0.6) is 0 Å². The third kappa shape index (κ3) is 16.3. The first-order valence-electron chi connectivity index (χ1n) is 12.4. The van der Waals surface area contributed by atoms with E-state index in [1.54, 1.807) is 0 Å². The fourth-order valence-corrected chi connectivity index (χ4v) is 3.37. The first-order valence-corrected chi connectivity index (χ1v) is 12.4. The summed E-state index contributed by atoms with van der Waals surface area (Å²) in [6, 6.07) is -4.82. The van der Waals surface area contributed by atoms with E-state index in [4.69, 9.17) is 34.4 Å². The summed E-state index contributed by atoms with van der Waals surface area (Å²) in [5.41, 5.74) is 31.9. The highest BCUT2D eigenvalue weighted by molar-refractivity contribution is 5.95. The van der Waals surface area contributed by atoms with Crippen molar-refractivity contribution >= 4 is 41.5 Å². The third-order valence-corrected chi connectivity index (χ3v) is 5.24. The second-order valence-corrected chi connectivity index (χ2v) is 9.33. The highest BCUT2D eigenvalue weighted by Gasteiger charge is 2.30. The molecule has 39 heavy (non-hydrogen) atoms. The van der Waals surface area contributed by atoms with Crippen molar-refractivity contribution in [2.24, 2.45) is 50.3 Å². The van der Waals surface area contributed by atoms with Crippen LogP contribution in [0.4, 0.5) is 0 Å². The van der Waals surface area contributed by atoms with Crippen LogP contribution in [0, 0.1) is 5.92 Å². The number of nitrogens with zero attached hydrogens (tertiary/aromatic N) is 2. The summed E-state index contributed by atoms with van der Waals surface area (Å²) in [6.45, 7) is 3.94. The predicted molar refractivity (Wildman–Crippen MR) is 144 cm³/mol. The molecule has 0 aliphatic rings. The molecule has 0 aromatic carbocycles. The molecule has 0 aliphatic carbocycles. The number of hydrogen-bond donors (Lipinski definition) is 10. The third-order valence-electron chi connectivity index (χ3n) is 5.24. The fraction of sp³-hybridized carbons (Fsp3) is 0.682. The standard InChI is InChI=1S/C22H43N11O6/c1-11(2)9-15(33-17(35)12(23)10-16(24)34)19(37)31-13(5-3-7-29-21(25)26)18(36)32-14(20(38)39)6-4-8-30-22(27)28/h11-15H,3-10,23H2,1-2H3,(H2,24,34)(H,31,37)(H,32,36)(H,33,35)(H,38,39)(H4,25,26,29)(H4,27,28,30). The van der Waals surface area contributed by atoms with Crippen molar-refractivity contribution in [3.63, 3.8) is 0 Å². The Morgan fingerprint density at radius 3 is 1.59 bits per heavy atom. The lowest BCUT2D eigenvalue weighted by Gasteiger charge is -2.26. The summed E-state index contributed by atoms with van der Waals surface area (Å²) in [4.78, 5) is 69.1. The van der Waals surface area contributed by atoms with Gasteiger partial charge in [0.1, 0.15) is 18.1 Å². The van der Waals surface area contributed by atoms with Gasteiger partial charge in [-0.25, -0.2) is 4.79 Å². The zero-order valence-electron chi connectivity index (χ0n) is 22.4. The highest BCUT2D eigenvalue weighted by Crippen LogP contribution is 2.08. The number of nitrogens with one attached hydrogen (secondary N) is 3. The molecule has 0 aliphatic heterocycles. The molecule has 0 radical (unpaired) electrons. The molecule has 0 spiro atoms. The van der Waals surface area contributed by atoms with Gasteiger partial charge in [0.2, 0.25) is 23.6 Å². The van der Waals surface area contributed by atoms with Crippen molar-refractivity contribution in [3.05, 3.63) is 0 Å². The quantitative estimate of drug-likeness (QED) is 0.0413. The lowest BCUT2D eigenvalue weighted by Crippen LogP contribution is -2.57. The highest BCUT2D eigenvalue weighted by atomic mass is 16.4. The molecule has 4 unspecified atom stereocenters. The molecular formula is C22H43N11O6. The minimum atomic E-state index is -1.29. The Hall–Kier alpha value is -4.15. The number of aliphatic imine (C=N–C) groups is 2. The van der Waals surface area contributed by atoms with Crippen LogP contribution in [0.1, 0.15) is 52.4 Å². The summed E-state index contributed by atoms with van der Waals surface area (Å²) >= 11 is 0. The maximum atomic E-state index is 13.1. The topological polar surface area (TPSA) is 323 Å². The fourth-order valence-electron chi connectivity index (χ4n) is 3.37. The summed E-state index contributed by atoms with van der Waals surface area (Å²) in [7, 11) is 0. The van der Waals surface area contributed by atoms with E-state index in [0.29, 0.717) is 0 Å². The summed E-state index contributed by atoms with van der Waals surface area (Å²) in [5.74, 6) is -4.66. The summed E-state index contributed by atoms with van der Waals surface area (Å²) < 4.78 is 0. The van der Waals surface area contributed by atoms with Crippen molar-refractivity contribution in [2.45, 2.75) is 76.5 Å². The molecule has 0 heterocycles. The number of carbonyl (C=O) groups excluding carboxylic acids is 4. The molecule has 4 atom stereocenters. The van der Waals surface area contributed by atoms with Gasteiger partial charge in [-0.05, 0) is 38.0 Å². The minimum Gasteiger partial charge on any atom is -0.480 e. The number of primary amides is 1. The molecular weight excluding hydrogens is 514 g/mol. The van der Waals surface area contributed by atoms with Crippen LogP contribution in [0.25, 0.3) is 0 Å². The normalized spacial score (nSPS) is 13.7. The number of guanidine groups is 2. The Balaban J connectivity index is 5.66. The Bertz CT molecular complexity index is 901. The van der Waals surface area contributed by atoms with Crippen molar-refractivity contribution < 1.29 is 29.1 Å². The van der Waals surface area contributed by atoms with Crippen LogP contribution in [0.3, 0.4) is 0 Å². The van der Waals surface area contributed by atoms with Gasteiger partial charge >= 0.3 is 5.97 Å². The summed E-state index contributed by atoms with van der Waals surface area (Å²) in [6.07, 6.45) is 0.381. The van der Waals surface area contributed by atoms with Crippen molar-refractivity contribution in [3.8, 4) is 0 Å². The molecule has 222 valence electrons.